The minimum absolute atomic E-state index is 0.130. The van der Waals surface area contributed by atoms with Crippen LogP contribution in [0.1, 0.15) is 64.0 Å². The van der Waals surface area contributed by atoms with Crippen LogP contribution in [-0.2, 0) is 4.74 Å². The van der Waals surface area contributed by atoms with Crippen molar-refractivity contribution in [3.63, 3.8) is 0 Å². The quantitative estimate of drug-likeness (QED) is 0.555. The van der Waals surface area contributed by atoms with Crippen LogP contribution in [-0.4, -0.2) is 18.0 Å². The van der Waals surface area contributed by atoms with Gasteiger partial charge in [-0.15, -0.1) is 0 Å². The van der Waals surface area contributed by atoms with Crippen LogP contribution in [0.5, 0.6) is 0 Å². The van der Waals surface area contributed by atoms with Crippen molar-refractivity contribution in [1.29, 1.82) is 5.41 Å². The van der Waals surface area contributed by atoms with Crippen LogP contribution in [0.4, 0.5) is 0 Å². The maximum atomic E-state index is 7.54. The van der Waals surface area contributed by atoms with Crippen LogP contribution in [0.25, 0.3) is 0 Å². The van der Waals surface area contributed by atoms with Gasteiger partial charge in [-0.05, 0) is 50.7 Å². The lowest BCUT2D eigenvalue weighted by atomic mass is 9.90. The molecule has 0 bridgehead atoms. The summed E-state index contributed by atoms with van der Waals surface area (Å²) in [5.41, 5.74) is 7.62. The number of rotatable bonds is 8. The van der Waals surface area contributed by atoms with Crippen LogP contribution in [0.15, 0.2) is 24.3 Å². The minimum atomic E-state index is 0.130. The number of hydrogen-bond acceptors (Lipinski definition) is 2. The van der Waals surface area contributed by atoms with Gasteiger partial charge in [-0.1, -0.05) is 32.0 Å². The summed E-state index contributed by atoms with van der Waals surface area (Å²) in [5.74, 6) is 0.582. The van der Waals surface area contributed by atoms with Crippen LogP contribution >= 0.6 is 0 Å². The molecule has 3 heteroatoms. The van der Waals surface area contributed by atoms with Gasteiger partial charge in [0.05, 0.1) is 12.2 Å². The SMILES string of the molecule is CCC(C)OC(C)CC(CC)c1cccc(C(=N)N)c1. The van der Waals surface area contributed by atoms with E-state index in [-0.39, 0.29) is 11.9 Å². The second kappa shape index (κ2) is 8.05. The number of nitrogens with one attached hydrogen (secondary N) is 1. The second-order valence-corrected chi connectivity index (χ2v) is 5.55. The fourth-order valence-electron chi connectivity index (χ4n) is 2.45. The highest BCUT2D eigenvalue weighted by atomic mass is 16.5. The van der Waals surface area contributed by atoms with Gasteiger partial charge in [-0.2, -0.15) is 0 Å². The Labute approximate surface area is 123 Å². The van der Waals surface area contributed by atoms with E-state index in [0.717, 1.165) is 24.8 Å². The van der Waals surface area contributed by atoms with Crippen molar-refractivity contribution in [2.24, 2.45) is 5.73 Å². The monoisotopic (exact) mass is 276 g/mol. The van der Waals surface area contributed by atoms with Gasteiger partial charge in [-0.3, -0.25) is 5.41 Å². The van der Waals surface area contributed by atoms with E-state index in [4.69, 9.17) is 15.9 Å². The fourth-order valence-corrected chi connectivity index (χ4v) is 2.45. The molecular formula is C17H28N2O. The van der Waals surface area contributed by atoms with E-state index in [9.17, 15) is 0 Å². The van der Waals surface area contributed by atoms with Crippen molar-refractivity contribution in [3.8, 4) is 0 Å². The van der Waals surface area contributed by atoms with E-state index in [2.05, 4.69) is 33.8 Å². The third-order valence-electron chi connectivity index (χ3n) is 3.82. The van der Waals surface area contributed by atoms with Gasteiger partial charge in [0.25, 0.3) is 0 Å². The first-order chi connectivity index (χ1) is 9.47. The molecular weight excluding hydrogens is 248 g/mol. The molecule has 0 aliphatic carbocycles. The fraction of sp³-hybridized carbons (Fsp3) is 0.588. The Balaban J connectivity index is 2.75. The highest BCUT2D eigenvalue weighted by Gasteiger charge is 2.16. The molecule has 3 nitrogen and oxygen atoms in total. The predicted molar refractivity (Wildman–Crippen MR) is 85.4 cm³/mol. The lowest BCUT2D eigenvalue weighted by molar-refractivity contribution is -0.00119. The molecule has 20 heavy (non-hydrogen) atoms. The first-order valence-electron chi connectivity index (χ1n) is 7.57. The zero-order valence-corrected chi connectivity index (χ0v) is 13.1. The molecule has 0 aliphatic heterocycles. The van der Waals surface area contributed by atoms with Crippen LogP contribution in [0.3, 0.4) is 0 Å². The van der Waals surface area contributed by atoms with Crippen molar-refractivity contribution in [2.45, 2.75) is 65.1 Å². The summed E-state index contributed by atoms with van der Waals surface area (Å²) in [5, 5.41) is 7.54. The third-order valence-corrected chi connectivity index (χ3v) is 3.82. The van der Waals surface area contributed by atoms with Crippen molar-refractivity contribution < 1.29 is 4.74 Å². The average Bonchev–Trinajstić information content (AvgIpc) is 2.44. The number of nitrogen functional groups attached to an aromatic ring is 1. The minimum Gasteiger partial charge on any atom is -0.384 e. The van der Waals surface area contributed by atoms with Crippen molar-refractivity contribution >= 4 is 5.84 Å². The number of benzene rings is 1. The van der Waals surface area contributed by atoms with Crippen LogP contribution in [0.2, 0.25) is 0 Å². The molecule has 0 aliphatic rings. The summed E-state index contributed by atoms with van der Waals surface area (Å²) in [6.07, 6.45) is 3.67. The molecule has 0 amide bonds. The Kier molecular flexibility index (Phi) is 6.73. The molecule has 0 aromatic heterocycles. The summed E-state index contributed by atoms with van der Waals surface area (Å²) in [4.78, 5) is 0. The first kappa shape index (κ1) is 16.7. The van der Waals surface area contributed by atoms with E-state index >= 15 is 0 Å². The molecule has 0 saturated carbocycles. The molecule has 1 aromatic rings. The summed E-state index contributed by atoms with van der Waals surface area (Å²) < 4.78 is 5.96. The van der Waals surface area contributed by atoms with Crippen molar-refractivity contribution in [3.05, 3.63) is 35.4 Å². The molecule has 0 heterocycles. The van der Waals surface area contributed by atoms with Gasteiger partial charge in [0.1, 0.15) is 5.84 Å². The van der Waals surface area contributed by atoms with E-state index in [1.54, 1.807) is 0 Å². The van der Waals surface area contributed by atoms with E-state index in [1.165, 1.54) is 5.56 Å². The highest BCUT2D eigenvalue weighted by Crippen LogP contribution is 2.27. The molecule has 1 rings (SSSR count). The molecule has 0 fully saturated rings. The maximum Gasteiger partial charge on any atom is 0.122 e. The van der Waals surface area contributed by atoms with Gasteiger partial charge in [0.15, 0.2) is 0 Å². The van der Waals surface area contributed by atoms with Gasteiger partial charge in [-0.25, -0.2) is 0 Å². The van der Waals surface area contributed by atoms with Crippen molar-refractivity contribution in [2.75, 3.05) is 0 Å². The maximum absolute atomic E-state index is 7.54. The smallest absolute Gasteiger partial charge is 0.122 e. The number of hydrogen-bond donors (Lipinski definition) is 2. The molecule has 3 atom stereocenters. The van der Waals surface area contributed by atoms with Crippen LogP contribution < -0.4 is 5.73 Å². The largest absolute Gasteiger partial charge is 0.384 e. The Hall–Kier alpha value is -1.35. The first-order valence-corrected chi connectivity index (χ1v) is 7.57. The number of ether oxygens (including phenoxy) is 1. The van der Waals surface area contributed by atoms with E-state index in [1.807, 2.05) is 18.2 Å². The Morgan fingerprint density at radius 3 is 2.45 bits per heavy atom. The number of amidine groups is 1. The Morgan fingerprint density at radius 1 is 1.20 bits per heavy atom. The highest BCUT2D eigenvalue weighted by molar-refractivity contribution is 5.95. The normalized spacial score (nSPS) is 15.6. The zero-order chi connectivity index (χ0) is 15.1. The summed E-state index contributed by atoms with van der Waals surface area (Å²) in [6, 6.07) is 8.02. The van der Waals surface area contributed by atoms with E-state index in [0.29, 0.717) is 12.0 Å². The van der Waals surface area contributed by atoms with Gasteiger partial charge >= 0.3 is 0 Å². The molecule has 0 spiro atoms. The predicted octanol–water partition coefficient (Wildman–Crippen LogP) is 4.06. The molecule has 3 N–H and O–H groups in total. The summed E-state index contributed by atoms with van der Waals surface area (Å²) in [6.45, 7) is 8.60. The molecule has 0 radical (unpaired) electrons. The average molecular weight is 276 g/mol. The second-order valence-electron chi connectivity index (χ2n) is 5.55. The summed E-state index contributed by atoms with van der Waals surface area (Å²) in [7, 11) is 0. The van der Waals surface area contributed by atoms with Gasteiger partial charge < -0.3 is 10.5 Å². The van der Waals surface area contributed by atoms with Crippen molar-refractivity contribution in [1.82, 2.24) is 0 Å². The van der Waals surface area contributed by atoms with E-state index < -0.39 is 0 Å². The lowest BCUT2D eigenvalue weighted by Crippen LogP contribution is -2.19. The molecule has 3 unspecified atom stereocenters. The molecule has 1 aromatic carbocycles. The van der Waals surface area contributed by atoms with Gasteiger partial charge in [0.2, 0.25) is 0 Å². The third kappa shape index (κ3) is 4.97. The Morgan fingerprint density at radius 2 is 1.90 bits per heavy atom. The van der Waals surface area contributed by atoms with Gasteiger partial charge in [0, 0.05) is 5.56 Å². The summed E-state index contributed by atoms with van der Waals surface area (Å²) >= 11 is 0. The number of nitrogens with two attached hydrogens (primary N) is 1. The lowest BCUT2D eigenvalue weighted by Gasteiger charge is -2.23. The Bertz CT molecular complexity index is 431. The zero-order valence-electron chi connectivity index (χ0n) is 13.1. The molecule has 112 valence electrons. The standard InChI is InChI=1S/C17H28N2O/c1-5-12(3)20-13(4)10-14(6-2)15-8-7-9-16(11-15)17(18)19/h7-9,11-14H,5-6,10H2,1-4H3,(H3,18,19). The molecule has 0 saturated heterocycles. The topological polar surface area (TPSA) is 59.1 Å². The van der Waals surface area contributed by atoms with Crippen LogP contribution in [0, 0.1) is 5.41 Å².